The quantitative estimate of drug-likeness (QED) is 0.736. The summed E-state index contributed by atoms with van der Waals surface area (Å²) in [6.45, 7) is 0.600. The number of amides is 1. The Balaban J connectivity index is 1.66. The van der Waals surface area contributed by atoms with Crippen molar-refractivity contribution in [3.05, 3.63) is 59.7 Å². The average molecular weight is 392 g/mol. The van der Waals surface area contributed by atoms with Gasteiger partial charge in [0.15, 0.2) is 11.5 Å². The molecule has 2 aromatic carbocycles. The lowest BCUT2D eigenvalue weighted by Crippen LogP contribution is -2.46. The number of carbonyl (C=O) groups excluding carboxylic acids is 1. The second-order valence-corrected chi connectivity index (χ2v) is 7.75. The smallest absolute Gasteiger partial charge is 0.246 e. The van der Waals surface area contributed by atoms with Crippen molar-refractivity contribution < 1.29 is 14.3 Å². The summed E-state index contributed by atoms with van der Waals surface area (Å²) in [6, 6.07) is 16.2. The Morgan fingerprint density at radius 1 is 0.966 bits per heavy atom. The van der Waals surface area contributed by atoms with E-state index in [4.69, 9.17) is 14.6 Å². The van der Waals surface area contributed by atoms with Crippen LogP contribution in [0.25, 0.3) is 0 Å². The van der Waals surface area contributed by atoms with Crippen LogP contribution in [0.4, 0.5) is 0 Å². The molecule has 0 saturated heterocycles. The lowest BCUT2D eigenvalue weighted by Gasteiger charge is -2.38. The SMILES string of the molecule is COc1ccc(C2=NN(CCc3ccccc3)C(=O)[C@@H]3CCCC[C@H]23)cc1OC. The number of ether oxygens (including phenoxy) is 2. The summed E-state index contributed by atoms with van der Waals surface area (Å²) in [5.74, 6) is 1.77. The highest BCUT2D eigenvalue weighted by Crippen LogP contribution is 2.39. The minimum absolute atomic E-state index is 0.0279. The first-order valence-corrected chi connectivity index (χ1v) is 10.4. The van der Waals surface area contributed by atoms with Gasteiger partial charge < -0.3 is 9.47 Å². The van der Waals surface area contributed by atoms with E-state index in [-0.39, 0.29) is 17.7 Å². The number of hydrazone groups is 1. The Labute approximate surface area is 172 Å². The van der Waals surface area contributed by atoms with Gasteiger partial charge in [-0.15, -0.1) is 0 Å². The first-order chi connectivity index (χ1) is 14.2. The largest absolute Gasteiger partial charge is 0.493 e. The number of fused-ring (bicyclic) bond motifs is 1. The zero-order chi connectivity index (χ0) is 20.2. The maximum atomic E-state index is 13.2. The fourth-order valence-electron chi connectivity index (χ4n) is 4.51. The van der Waals surface area contributed by atoms with Crippen molar-refractivity contribution in [2.45, 2.75) is 32.1 Å². The highest BCUT2D eigenvalue weighted by atomic mass is 16.5. The zero-order valence-electron chi connectivity index (χ0n) is 17.1. The van der Waals surface area contributed by atoms with Crippen LogP contribution in [0.5, 0.6) is 11.5 Å². The molecule has 1 heterocycles. The molecular weight excluding hydrogens is 364 g/mol. The molecule has 1 aliphatic heterocycles. The van der Waals surface area contributed by atoms with Crippen molar-refractivity contribution in [1.82, 2.24) is 5.01 Å². The van der Waals surface area contributed by atoms with E-state index in [1.165, 1.54) is 5.56 Å². The summed E-state index contributed by atoms with van der Waals surface area (Å²) < 4.78 is 10.9. The Hall–Kier alpha value is -2.82. The van der Waals surface area contributed by atoms with Crippen LogP contribution >= 0.6 is 0 Å². The number of hydrogen-bond acceptors (Lipinski definition) is 4. The van der Waals surface area contributed by atoms with E-state index in [1.807, 2.05) is 36.4 Å². The van der Waals surface area contributed by atoms with E-state index >= 15 is 0 Å². The minimum atomic E-state index is 0.0279. The number of carbonyl (C=O) groups is 1. The van der Waals surface area contributed by atoms with Crippen molar-refractivity contribution in [2.75, 3.05) is 20.8 Å². The molecule has 0 unspecified atom stereocenters. The Morgan fingerprint density at radius 2 is 1.69 bits per heavy atom. The van der Waals surface area contributed by atoms with Crippen LogP contribution in [0.1, 0.15) is 36.8 Å². The van der Waals surface area contributed by atoms with Crippen molar-refractivity contribution in [3.8, 4) is 11.5 Å². The first-order valence-electron chi connectivity index (χ1n) is 10.4. The lowest BCUT2D eigenvalue weighted by molar-refractivity contribution is -0.138. The molecule has 2 aliphatic rings. The van der Waals surface area contributed by atoms with Gasteiger partial charge in [-0.2, -0.15) is 5.10 Å². The summed E-state index contributed by atoms with van der Waals surface area (Å²) >= 11 is 0. The predicted molar refractivity (Wildman–Crippen MR) is 113 cm³/mol. The summed E-state index contributed by atoms with van der Waals surface area (Å²) in [6.07, 6.45) is 5.00. The molecule has 0 radical (unpaired) electrons. The Kier molecular flexibility index (Phi) is 5.84. The van der Waals surface area contributed by atoms with E-state index in [1.54, 1.807) is 19.2 Å². The molecule has 0 aromatic heterocycles. The molecule has 29 heavy (non-hydrogen) atoms. The molecule has 152 valence electrons. The third-order valence-electron chi connectivity index (χ3n) is 6.05. The fourth-order valence-corrected chi connectivity index (χ4v) is 4.51. The van der Waals surface area contributed by atoms with Crippen LogP contribution in [-0.4, -0.2) is 37.4 Å². The minimum Gasteiger partial charge on any atom is -0.493 e. The van der Waals surface area contributed by atoms with Gasteiger partial charge in [0.1, 0.15) is 0 Å². The highest BCUT2D eigenvalue weighted by Gasteiger charge is 2.41. The molecule has 5 heteroatoms. The second-order valence-electron chi connectivity index (χ2n) is 7.75. The van der Waals surface area contributed by atoms with E-state index < -0.39 is 0 Å². The monoisotopic (exact) mass is 392 g/mol. The Morgan fingerprint density at radius 3 is 2.41 bits per heavy atom. The van der Waals surface area contributed by atoms with Crippen LogP contribution in [0, 0.1) is 11.8 Å². The molecule has 2 aromatic rings. The van der Waals surface area contributed by atoms with Crippen molar-refractivity contribution >= 4 is 11.6 Å². The van der Waals surface area contributed by atoms with E-state index in [9.17, 15) is 4.79 Å². The topological polar surface area (TPSA) is 51.1 Å². The molecule has 1 amide bonds. The number of benzene rings is 2. The second kappa shape index (κ2) is 8.68. The molecule has 4 rings (SSSR count). The molecule has 0 spiro atoms. The van der Waals surface area contributed by atoms with Gasteiger partial charge in [-0.3, -0.25) is 4.79 Å². The van der Waals surface area contributed by atoms with Crippen molar-refractivity contribution in [1.29, 1.82) is 0 Å². The number of nitrogens with zero attached hydrogens (tertiary/aromatic N) is 2. The lowest BCUT2D eigenvalue weighted by atomic mass is 9.73. The van der Waals surface area contributed by atoms with E-state index in [2.05, 4.69) is 12.1 Å². The number of methoxy groups -OCH3 is 2. The zero-order valence-corrected chi connectivity index (χ0v) is 17.1. The van der Waals surface area contributed by atoms with Gasteiger partial charge in [0.2, 0.25) is 5.91 Å². The summed E-state index contributed by atoms with van der Waals surface area (Å²) in [5.41, 5.74) is 3.23. The van der Waals surface area contributed by atoms with Gasteiger partial charge in [0, 0.05) is 23.9 Å². The van der Waals surface area contributed by atoms with Gasteiger partial charge in [0.05, 0.1) is 19.9 Å². The van der Waals surface area contributed by atoms with E-state index in [0.717, 1.165) is 43.4 Å². The number of hydrogen-bond donors (Lipinski definition) is 0. The third-order valence-corrected chi connectivity index (χ3v) is 6.05. The van der Waals surface area contributed by atoms with Crippen LogP contribution in [0.3, 0.4) is 0 Å². The fraction of sp³-hybridized carbons (Fsp3) is 0.417. The highest BCUT2D eigenvalue weighted by molar-refractivity contribution is 6.07. The van der Waals surface area contributed by atoms with Gasteiger partial charge in [0.25, 0.3) is 0 Å². The molecule has 0 N–H and O–H groups in total. The predicted octanol–water partition coefficient (Wildman–Crippen LogP) is 4.30. The summed E-state index contributed by atoms with van der Waals surface area (Å²) in [5, 5.41) is 6.57. The van der Waals surface area contributed by atoms with Crippen molar-refractivity contribution in [3.63, 3.8) is 0 Å². The third kappa shape index (κ3) is 4.00. The molecule has 2 atom stereocenters. The molecule has 1 saturated carbocycles. The van der Waals surface area contributed by atoms with Gasteiger partial charge in [-0.05, 0) is 43.0 Å². The van der Waals surface area contributed by atoms with Gasteiger partial charge in [-0.25, -0.2) is 5.01 Å². The maximum absolute atomic E-state index is 13.2. The maximum Gasteiger partial charge on any atom is 0.246 e. The standard InChI is InChI=1S/C24H28N2O3/c1-28-21-13-12-18(16-22(21)29-2)23-19-10-6-7-11-20(19)24(27)26(25-23)15-14-17-8-4-3-5-9-17/h3-5,8-9,12-13,16,19-20H,6-7,10-11,14-15H2,1-2H3/t19-,20+/m0/s1. The molecule has 1 aliphatic carbocycles. The first kappa shape index (κ1) is 19.5. The van der Waals surface area contributed by atoms with Crippen LogP contribution in [0.2, 0.25) is 0 Å². The van der Waals surface area contributed by atoms with Gasteiger partial charge in [-0.1, -0.05) is 43.2 Å². The molecule has 0 bridgehead atoms. The normalized spacial score (nSPS) is 21.4. The van der Waals surface area contributed by atoms with E-state index in [0.29, 0.717) is 18.0 Å². The molecule has 5 nitrogen and oxygen atoms in total. The van der Waals surface area contributed by atoms with Crippen molar-refractivity contribution in [2.24, 2.45) is 16.9 Å². The van der Waals surface area contributed by atoms with Crippen LogP contribution in [-0.2, 0) is 11.2 Å². The Bertz CT molecular complexity index is 894. The number of rotatable bonds is 6. The summed E-state index contributed by atoms with van der Waals surface area (Å²) in [7, 11) is 3.28. The summed E-state index contributed by atoms with van der Waals surface area (Å²) in [4.78, 5) is 13.2. The molecule has 1 fully saturated rings. The molecular formula is C24H28N2O3. The van der Waals surface area contributed by atoms with Crippen LogP contribution in [0.15, 0.2) is 53.6 Å². The van der Waals surface area contributed by atoms with Crippen LogP contribution < -0.4 is 9.47 Å². The average Bonchev–Trinajstić information content (AvgIpc) is 2.79. The van der Waals surface area contributed by atoms with Gasteiger partial charge >= 0.3 is 0 Å².